The van der Waals surface area contributed by atoms with Gasteiger partial charge >= 0.3 is 24.2 Å². The van der Waals surface area contributed by atoms with Crippen molar-refractivity contribution in [3.8, 4) is 0 Å². The van der Waals surface area contributed by atoms with Crippen molar-refractivity contribution in [2.45, 2.75) is 24.2 Å². The minimum atomic E-state index is -6.69. The van der Waals surface area contributed by atoms with E-state index in [0.717, 1.165) is 0 Å². The molecule has 0 saturated heterocycles. The zero-order valence-corrected chi connectivity index (χ0v) is 11.5. The summed E-state index contributed by atoms with van der Waals surface area (Å²) in [6.07, 6.45) is -12.0. The van der Waals surface area contributed by atoms with Gasteiger partial charge in [0.25, 0.3) is 0 Å². The molecule has 0 aromatic heterocycles. The summed E-state index contributed by atoms with van der Waals surface area (Å²) < 4.78 is 126. The summed E-state index contributed by atoms with van der Waals surface area (Å²) >= 11 is 2.33. The molecule has 0 atom stereocenters. The van der Waals surface area contributed by atoms with E-state index in [4.69, 9.17) is 5.73 Å². The lowest BCUT2D eigenvalue weighted by Gasteiger charge is -2.30. The number of nitrogen functional groups attached to an aromatic ring is 1. The van der Waals surface area contributed by atoms with E-state index >= 15 is 0 Å². The van der Waals surface area contributed by atoms with E-state index in [-0.39, 0.29) is 12.1 Å². The van der Waals surface area contributed by atoms with Gasteiger partial charge in [0, 0.05) is 4.47 Å². The molecule has 1 aromatic carbocycles. The number of alkyl halides is 10. The molecule has 0 aliphatic rings. The summed E-state index contributed by atoms with van der Waals surface area (Å²) in [4.78, 5) is 0. The van der Waals surface area contributed by atoms with Crippen LogP contribution in [0.1, 0.15) is 11.1 Å². The van der Waals surface area contributed by atoms with Crippen molar-refractivity contribution in [3.63, 3.8) is 0 Å². The number of hydrogen-bond acceptors (Lipinski definition) is 1. The molecule has 0 aliphatic carbocycles. The van der Waals surface area contributed by atoms with Gasteiger partial charge in [-0.3, -0.25) is 0 Å². The lowest BCUT2D eigenvalue weighted by atomic mass is 9.97. The van der Waals surface area contributed by atoms with E-state index in [1.165, 1.54) is 0 Å². The molecule has 12 heteroatoms. The van der Waals surface area contributed by atoms with Gasteiger partial charge in [0.05, 0.1) is 16.8 Å². The predicted octanol–water partition coefficient (Wildman–Crippen LogP) is 5.34. The Kier molecular flexibility index (Phi) is 4.43. The average molecular weight is 408 g/mol. The minimum Gasteiger partial charge on any atom is -0.398 e. The largest absolute Gasteiger partial charge is 0.460 e. The highest BCUT2D eigenvalue weighted by Gasteiger charge is 2.74. The van der Waals surface area contributed by atoms with Crippen LogP contribution >= 0.6 is 15.9 Å². The van der Waals surface area contributed by atoms with Crippen LogP contribution in [-0.2, 0) is 12.1 Å². The molecule has 0 fully saturated rings. The number of anilines is 1. The standard InChI is InChI=1S/C10H4BrF10N/c11-3-1-4(6(22)5(2-3)8(14,15)16)7(12,13)9(17,18)10(19,20)21/h1-2H,22H2. The molecule has 22 heavy (non-hydrogen) atoms. The average Bonchev–Trinajstić information content (AvgIpc) is 2.28. The number of halogens is 11. The molecular formula is C10H4BrF10N. The van der Waals surface area contributed by atoms with Crippen molar-refractivity contribution in [3.05, 3.63) is 27.7 Å². The number of nitrogens with two attached hydrogens (primary N) is 1. The van der Waals surface area contributed by atoms with E-state index in [1.54, 1.807) is 0 Å². The number of benzene rings is 1. The molecule has 0 saturated carbocycles. The summed E-state index contributed by atoms with van der Waals surface area (Å²) in [7, 11) is 0. The van der Waals surface area contributed by atoms with Crippen molar-refractivity contribution in [2.24, 2.45) is 0 Å². The Morgan fingerprint density at radius 2 is 1.18 bits per heavy atom. The normalized spacial score (nSPS) is 14.3. The van der Waals surface area contributed by atoms with Gasteiger partial charge in [-0.2, -0.15) is 43.9 Å². The number of hydrogen-bond donors (Lipinski definition) is 1. The maximum atomic E-state index is 13.5. The van der Waals surface area contributed by atoms with Crippen molar-refractivity contribution in [2.75, 3.05) is 5.73 Å². The van der Waals surface area contributed by atoms with E-state index in [2.05, 4.69) is 15.9 Å². The van der Waals surface area contributed by atoms with Gasteiger partial charge in [0.2, 0.25) is 0 Å². The van der Waals surface area contributed by atoms with Crippen LogP contribution in [0.3, 0.4) is 0 Å². The van der Waals surface area contributed by atoms with Crippen LogP contribution in [0.2, 0.25) is 0 Å². The van der Waals surface area contributed by atoms with Crippen LogP contribution < -0.4 is 5.73 Å². The van der Waals surface area contributed by atoms with Gasteiger partial charge in [-0.1, -0.05) is 15.9 Å². The van der Waals surface area contributed by atoms with Gasteiger partial charge in [-0.15, -0.1) is 0 Å². The van der Waals surface area contributed by atoms with Crippen LogP contribution in [0.15, 0.2) is 16.6 Å². The summed E-state index contributed by atoms with van der Waals surface area (Å²) in [5.74, 6) is -12.6. The Morgan fingerprint density at radius 3 is 1.55 bits per heavy atom. The molecule has 126 valence electrons. The molecule has 0 radical (unpaired) electrons. The molecule has 0 heterocycles. The molecule has 0 aliphatic heterocycles. The van der Waals surface area contributed by atoms with Gasteiger partial charge < -0.3 is 5.73 Å². The summed E-state index contributed by atoms with van der Waals surface area (Å²) in [5.41, 5.74) is -1.41. The van der Waals surface area contributed by atoms with E-state index in [9.17, 15) is 43.9 Å². The first kappa shape index (κ1) is 18.8. The van der Waals surface area contributed by atoms with Crippen LogP contribution in [0.4, 0.5) is 49.6 Å². The second-order valence-electron chi connectivity index (χ2n) is 4.06. The zero-order chi connectivity index (χ0) is 17.7. The van der Waals surface area contributed by atoms with Gasteiger partial charge in [0.15, 0.2) is 0 Å². The topological polar surface area (TPSA) is 26.0 Å². The van der Waals surface area contributed by atoms with Crippen LogP contribution in [0.25, 0.3) is 0 Å². The number of rotatable bonds is 2. The fourth-order valence-electron chi connectivity index (χ4n) is 1.46. The lowest BCUT2D eigenvalue weighted by Crippen LogP contribution is -2.50. The van der Waals surface area contributed by atoms with E-state index in [0.29, 0.717) is 0 Å². The highest BCUT2D eigenvalue weighted by molar-refractivity contribution is 9.10. The second kappa shape index (κ2) is 5.17. The maximum Gasteiger partial charge on any atom is 0.460 e. The van der Waals surface area contributed by atoms with E-state index in [1.807, 2.05) is 0 Å². The summed E-state index contributed by atoms with van der Waals surface area (Å²) in [6, 6.07) is 0.158. The predicted molar refractivity (Wildman–Crippen MR) is 58.5 cm³/mol. The smallest absolute Gasteiger partial charge is 0.398 e. The fourth-order valence-corrected chi connectivity index (χ4v) is 1.92. The van der Waals surface area contributed by atoms with Crippen LogP contribution in [0.5, 0.6) is 0 Å². The molecule has 0 amide bonds. The Morgan fingerprint density at radius 1 is 0.773 bits per heavy atom. The van der Waals surface area contributed by atoms with Gasteiger partial charge in [-0.25, -0.2) is 0 Å². The molecular weight excluding hydrogens is 404 g/mol. The first-order valence-corrected chi connectivity index (χ1v) is 5.82. The first-order chi connectivity index (χ1) is 9.53. The lowest BCUT2D eigenvalue weighted by molar-refractivity contribution is -0.359. The zero-order valence-electron chi connectivity index (χ0n) is 9.89. The minimum absolute atomic E-state index is 0.0236. The Hall–Kier alpha value is -1.20. The van der Waals surface area contributed by atoms with Crippen molar-refractivity contribution in [1.29, 1.82) is 0 Å². The van der Waals surface area contributed by atoms with Crippen molar-refractivity contribution in [1.82, 2.24) is 0 Å². The molecule has 2 N–H and O–H groups in total. The first-order valence-electron chi connectivity index (χ1n) is 5.02. The Labute approximate surface area is 124 Å². The quantitative estimate of drug-likeness (QED) is 0.519. The molecule has 1 aromatic rings. The summed E-state index contributed by atoms with van der Waals surface area (Å²) in [5, 5.41) is 0. The maximum absolute atomic E-state index is 13.5. The monoisotopic (exact) mass is 407 g/mol. The summed E-state index contributed by atoms with van der Waals surface area (Å²) in [6.45, 7) is 0. The second-order valence-corrected chi connectivity index (χ2v) is 4.97. The molecule has 0 unspecified atom stereocenters. The Bertz CT molecular complexity index is 574. The third kappa shape index (κ3) is 2.97. The Balaban J connectivity index is 3.67. The molecule has 0 bridgehead atoms. The van der Waals surface area contributed by atoms with Gasteiger partial charge in [0.1, 0.15) is 0 Å². The van der Waals surface area contributed by atoms with Gasteiger partial charge in [-0.05, 0) is 12.1 Å². The highest BCUT2D eigenvalue weighted by atomic mass is 79.9. The van der Waals surface area contributed by atoms with Crippen LogP contribution in [0, 0.1) is 0 Å². The SMILES string of the molecule is Nc1c(C(F)(F)F)cc(Br)cc1C(F)(F)C(F)(F)C(F)(F)F. The fraction of sp³-hybridized carbons (Fsp3) is 0.400. The molecule has 1 rings (SSSR count). The van der Waals surface area contributed by atoms with Crippen LogP contribution in [-0.4, -0.2) is 12.1 Å². The third-order valence-corrected chi connectivity index (χ3v) is 3.00. The van der Waals surface area contributed by atoms with Crippen molar-refractivity contribution < 1.29 is 43.9 Å². The van der Waals surface area contributed by atoms with Crippen molar-refractivity contribution >= 4 is 21.6 Å². The molecule has 0 spiro atoms. The highest BCUT2D eigenvalue weighted by Crippen LogP contribution is 2.54. The molecule has 1 nitrogen and oxygen atoms in total. The third-order valence-electron chi connectivity index (χ3n) is 2.54. The van der Waals surface area contributed by atoms with E-state index < -0.39 is 45.5 Å².